The first kappa shape index (κ1) is 12.6. The van der Waals surface area contributed by atoms with Gasteiger partial charge in [-0.1, -0.05) is 28.1 Å². The number of methoxy groups -OCH3 is 3. The van der Waals surface area contributed by atoms with Gasteiger partial charge in [0, 0.05) is 25.8 Å². The van der Waals surface area contributed by atoms with E-state index in [9.17, 15) is 0 Å². The molecule has 0 radical (unpaired) electrons. The first-order valence-electron chi connectivity index (χ1n) is 4.55. The summed E-state index contributed by atoms with van der Waals surface area (Å²) >= 11 is 3.38. The summed E-state index contributed by atoms with van der Waals surface area (Å²) in [6, 6.07) is 7.94. The Morgan fingerprint density at radius 1 is 1.00 bits per heavy atom. The Bertz CT molecular complexity index is 285. The number of rotatable bonds is 5. The second-order valence-electron chi connectivity index (χ2n) is 3.10. The van der Waals surface area contributed by atoms with E-state index in [0.29, 0.717) is 6.42 Å². The van der Waals surface area contributed by atoms with Crippen molar-refractivity contribution in [3.63, 3.8) is 0 Å². The van der Waals surface area contributed by atoms with Gasteiger partial charge in [-0.25, -0.2) is 0 Å². The molecule has 0 aromatic heterocycles. The molecule has 1 aromatic carbocycles. The monoisotopic (exact) mass is 274 g/mol. The van der Waals surface area contributed by atoms with E-state index in [1.165, 1.54) is 0 Å². The summed E-state index contributed by atoms with van der Waals surface area (Å²) in [4.78, 5) is 0. The van der Waals surface area contributed by atoms with Gasteiger partial charge in [0.1, 0.15) is 0 Å². The van der Waals surface area contributed by atoms with Crippen LogP contribution in [0, 0.1) is 0 Å². The molecule has 0 fully saturated rings. The molecule has 15 heavy (non-hydrogen) atoms. The molecule has 0 amide bonds. The fraction of sp³-hybridized carbons (Fsp3) is 0.455. The van der Waals surface area contributed by atoms with E-state index >= 15 is 0 Å². The second kappa shape index (κ2) is 5.61. The van der Waals surface area contributed by atoms with Crippen LogP contribution in [0.15, 0.2) is 28.7 Å². The lowest BCUT2D eigenvalue weighted by Gasteiger charge is -2.28. The highest BCUT2D eigenvalue weighted by Gasteiger charge is 2.29. The minimum atomic E-state index is -0.992. The van der Waals surface area contributed by atoms with E-state index in [1.54, 1.807) is 21.3 Å². The molecule has 0 bridgehead atoms. The fourth-order valence-corrected chi connectivity index (χ4v) is 1.58. The first-order valence-corrected chi connectivity index (χ1v) is 5.35. The molecule has 0 aliphatic heterocycles. The predicted octanol–water partition coefficient (Wildman–Crippen LogP) is 2.58. The lowest BCUT2D eigenvalue weighted by atomic mass is 10.1. The molecule has 0 N–H and O–H groups in total. The van der Waals surface area contributed by atoms with Crippen LogP contribution >= 0.6 is 15.9 Å². The van der Waals surface area contributed by atoms with E-state index in [2.05, 4.69) is 15.9 Å². The van der Waals surface area contributed by atoms with Crippen molar-refractivity contribution in [2.45, 2.75) is 12.4 Å². The molecule has 0 atom stereocenters. The van der Waals surface area contributed by atoms with Crippen LogP contribution < -0.4 is 0 Å². The van der Waals surface area contributed by atoms with Crippen molar-refractivity contribution in [1.29, 1.82) is 0 Å². The minimum Gasteiger partial charge on any atom is -0.331 e. The predicted molar refractivity (Wildman–Crippen MR) is 61.6 cm³/mol. The van der Waals surface area contributed by atoms with Crippen LogP contribution in [0.3, 0.4) is 0 Å². The highest BCUT2D eigenvalue weighted by Crippen LogP contribution is 2.20. The quantitative estimate of drug-likeness (QED) is 0.773. The molecule has 84 valence electrons. The van der Waals surface area contributed by atoms with E-state index in [4.69, 9.17) is 14.2 Å². The Balaban J connectivity index is 2.78. The zero-order valence-corrected chi connectivity index (χ0v) is 10.7. The highest BCUT2D eigenvalue weighted by atomic mass is 79.9. The van der Waals surface area contributed by atoms with Crippen molar-refractivity contribution in [3.8, 4) is 0 Å². The maximum atomic E-state index is 5.21. The summed E-state index contributed by atoms with van der Waals surface area (Å²) in [6.45, 7) is 0. The Hall–Kier alpha value is -0.420. The first-order chi connectivity index (χ1) is 7.15. The van der Waals surface area contributed by atoms with Crippen LogP contribution in [0.1, 0.15) is 5.56 Å². The van der Waals surface area contributed by atoms with Crippen molar-refractivity contribution in [3.05, 3.63) is 34.3 Å². The summed E-state index contributed by atoms with van der Waals surface area (Å²) in [7, 11) is 4.68. The number of ether oxygens (including phenoxy) is 3. The molecule has 4 heteroatoms. The summed E-state index contributed by atoms with van der Waals surface area (Å²) in [5.74, 6) is -0.992. The zero-order valence-electron chi connectivity index (χ0n) is 9.12. The molecule has 0 aliphatic rings. The van der Waals surface area contributed by atoms with E-state index in [1.807, 2.05) is 24.3 Å². The van der Waals surface area contributed by atoms with Gasteiger partial charge in [0.05, 0.1) is 6.42 Å². The van der Waals surface area contributed by atoms with Gasteiger partial charge in [0.25, 0.3) is 5.97 Å². The second-order valence-corrected chi connectivity index (χ2v) is 4.01. The molecule has 0 spiro atoms. The van der Waals surface area contributed by atoms with Gasteiger partial charge >= 0.3 is 0 Å². The number of hydrogen-bond donors (Lipinski definition) is 0. The normalized spacial score (nSPS) is 11.7. The molecule has 1 rings (SSSR count). The van der Waals surface area contributed by atoms with Crippen molar-refractivity contribution in [1.82, 2.24) is 0 Å². The van der Waals surface area contributed by atoms with Crippen LogP contribution in [0.4, 0.5) is 0 Å². The maximum Gasteiger partial charge on any atom is 0.286 e. The molecule has 0 aliphatic carbocycles. The van der Waals surface area contributed by atoms with Gasteiger partial charge < -0.3 is 14.2 Å². The number of hydrogen-bond acceptors (Lipinski definition) is 3. The van der Waals surface area contributed by atoms with Crippen LogP contribution in [0.2, 0.25) is 0 Å². The molecule has 1 aromatic rings. The van der Waals surface area contributed by atoms with Gasteiger partial charge in [-0.05, 0) is 17.7 Å². The minimum absolute atomic E-state index is 0.545. The van der Waals surface area contributed by atoms with E-state index in [0.717, 1.165) is 10.0 Å². The third-order valence-electron chi connectivity index (χ3n) is 2.27. The van der Waals surface area contributed by atoms with Crippen molar-refractivity contribution in [2.75, 3.05) is 21.3 Å². The smallest absolute Gasteiger partial charge is 0.286 e. The highest BCUT2D eigenvalue weighted by molar-refractivity contribution is 9.10. The van der Waals surface area contributed by atoms with Crippen molar-refractivity contribution < 1.29 is 14.2 Å². The molecule has 0 unspecified atom stereocenters. The van der Waals surface area contributed by atoms with Crippen LogP contribution in [0.5, 0.6) is 0 Å². The summed E-state index contributed by atoms with van der Waals surface area (Å²) in [5, 5.41) is 0. The Labute approximate surface area is 98.5 Å². The molecular weight excluding hydrogens is 260 g/mol. The van der Waals surface area contributed by atoms with Gasteiger partial charge in [0.15, 0.2) is 0 Å². The fourth-order valence-electron chi connectivity index (χ4n) is 1.32. The third-order valence-corrected chi connectivity index (χ3v) is 2.80. The molecule has 0 saturated carbocycles. The standard InChI is InChI=1S/C11H15BrO3/c1-13-11(14-2,15-3)8-9-4-6-10(12)7-5-9/h4-7H,8H2,1-3H3. The van der Waals surface area contributed by atoms with Crippen LogP contribution in [0.25, 0.3) is 0 Å². The summed E-state index contributed by atoms with van der Waals surface area (Å²) < 4.78 is 16.7. The molecule has 0 saturated heterocycles. The zero-order chi connectivity index (χ0) is 11.3. The SMILES string of the molecule is COC(Cc1ccc(Br)cc1)(OC)OC. The van der Waals surface area contributed by atoms with Crippen molar-refractivity contribution >= 4 is 15.9 Å². The van der Waals surface area contributed by atoms with Gasteiger partial charge in [0.2, 0.25) is 0 Å². The van der Waals surface area contributed by atoms with Gasteiger partial charge in [-0.2, -0.15) is 0 Å². The van der Waals surface area contributed by atoms with Crippen molar-refractivity contribution in [2.24, 2.45) is 0 Å². The molecule has 0 heterocycles. The van der Waals surface area contributed by atoms with Crippen LogP contribution in [-0.4, -0.2) is 27.3 Å². The third kappa shape index (κ3) is 3.28. The Kier molecular flexibility index (Phi) is 4.73. The Morgan fingerprint density at radius 2 is 1.47 bits per heavy atom. The Morgan fingerprint density at radius 3 is 1.87 bits per heavy atom. The maximum absolute atomic E-state index is 5.21. The number of halogens is 1. The van der Waals surface area contributed by atoms with Gasteiger partial charge in [-0.3, -0.25) is 0 Å². The van der Waals surface area contributed by atoms with Gasteiger partial charge in [-0.15, -0.1) is 0 Å². The topological polar surface area (TPSA) is 27.7 Å². The van der Waals surface area contributed by atoms with E-state index in [-0.39, 0.29) is 0 Å². The summed E-state index contributed by atoms with van der Waals surface area (Å²) in [5.41, 5.74) is 1.09. The molecular formula is C11H15BrO3. The lowest BCUT2D eigenvalue weighted by molar-refractivity contribution is -0.350. The average Bonchev–Trinajstić information content (AvgIpc) is 2.29. The lowest BCUT2D eigenvalue weighted by Crippen LogP contribution is -2.38. The van der Waals surface area contributed by atoms with E-state index < -0.39 is 5.97 Å². The average molecular weight is 275 g/mol. The summed E-state index contributed by atoms with van der Waals surface area (Å²) in [6.07, 6.45) is 0.545. The van der Waals surface area contributed by atoms with Crippen LogP contribution in [-0.2, 0) is 20.6 Å². The number of benzene rings is 1. The largest absolute Gasteiger partial charge is 0.331 e. The molecule has 3 nitrogen and oxygen atoms in total.